The molecule has 0 amide bonds. The summed E-state index contributed by atoms with van der Waals surface area (Å²) in [4.78, 5) is 6.83. The zero-order valence-electron chi connectivity index (χ0n) is 17.5. The Kier molecular flexibility index (Phi) is 10.4. The van der Waals surface area contributed by atoms with Gasteiger partial charge in [-0.15, -0.1) is 24.0 Å². The second-order valence-electron chi connectivity index (χ2n) is 7.08. The minimum absolute atomic E-state index is 0. The Bertz CT molecular complexity index is 846. The average Bonchev–Trinajstić information content (AvgIpc) is 2.76. The molecule has 9 heteroatoms. The largest absolute Gasteiger partial charge is 0.505 e. The van der Waals surface area contributed by atoms with Crippen LogP contribution in [0.5, 0.6) is 5.75 Å². The zero-order valence-corrected chi connectivity index (χ0v) is 19.8. The van der Waals surface area contributed by atoms with Crippen molar-refractivity contribution in [1.29, 1.82) is 0 Å². The monoisotopic (exact) mass is 546 g/mol. The third-order valence-corrected chi connectivity index (χ3v) is 4.98. The summed E-state index contributed by atoms with van der Waals surface area (Å²) in [5, 5.41) is 15.9. The molecule has 3 N–H and O–H groups in total. The smallest absolute Gasteiger partial charge is 0.191 e. The Hall–Kier alpha value is -1.98. The third kappa shape index (κ3) is 7.58. The molecule has 1 fully saturated rings. The molecule has 0 aliphatic carbocycles. The molecule has 2 aromatic carbocycles. The number of morpholine rings is 1. The summed E-state index contributed by atoms with van der Waals surface area (Å²) in [5.74, 6) is -0.695. The molecule has 1 unspecified atom stereocenters. The van der Waals surface area contributed by atoms with Gasteiger partial charge in [0.15, 0.2) is 17.5 Å². The highest BCUT2D eigenvalue weighted by Gasteiger charge is 2.23. The lowest BCUT2D eigenvalue weighted by Gasteiger charge is -2.35. The number of guanidine groups is 1. The van der Waals surface area contributed by atoms with Gasteiger partial charge in [0.1, 0.15) is 5.82 Å². The van der Waals surface area contributed by atoms with Crippen LogP contribution in [0.4, 0.5) is 8.78 Å². The Morgan fingerprint density at radius 2 is 1.84 bits per heavy atom. The molecule has 2 aromatic rings. The van der Waals surface area contributed by atoms with Gasteiger partial charge in [-0.3, -0.25) is 4.90 Å². The Morgan fingerprint density at radius 1 is 1.13 bits per heavy atom. The van der Waals surface area contributed by atoms with Crippen molar-refractivity contribution in [2.75, 3.05) is 39.4 Å². The van der Waals surface area contributed by atoms with Crippen molar-refractivity contribution in [3.8, 4) is 5.75 Å². The van der Waals surface area contributed by atoms with Crippen LogP contribution >= 0.6 is 24.0 Å². The van der Waals surface area contributed by atoms with E-state index in [9.17, 15) is 13.9 Å². The predicted molar refractivity (Wildman–Crippen MR) is 128 cm³/mol. The summed E-state index contributed by atoms with van der Waals surface area (Å²) in [7, 11) is 0. The highest BCUT2D eigenvalue weighted by molar-refractivity contribution is 14.0. The molecule has 1 heterocycles. The van der Waals surface area contributed by atoms with Crippen molar-refractivity contribution in [3.63, 3.8) is 0 Å². The summed E-state index contributed by atoms with van der Waals surface area (Å²) in [6.45, 7) is 6.41. The van der Waals surface area contributed by atoms with Crippen molar-refractivity contribution < 1.29 is 18.6 Å². The predicted octanol–water partition coefficient (Wildman–Crippen LogP) is 3.42. The number of hydrogen-bond acceptors (Lipinski definition) is 4. The third-order valence-electron chi connectivity index (χ3n) is 4.98. The molecule has 1 saturated heterocycles. The molecule has 0 aromatic heterocycles. The molecule has 0 radical (unpaired) electrons. The highest BCUT2D eigenvalue weighted by Crippen LogP contribution is 2.22. The number of hydrogen-bond donors (Lipinski definition) is 3. The summed E-state index contributed by atoms with van der Waals surface area (Å²) in [6, 6.07) is 10.8. The number of nitrogens with zero attached hydrogens (tertiary/aromatic N) is 2. The maximum Gasteiger partial charge on any atom is 0.191 e. The quantitative estimate of drug-likeness (QED) is 0.282. The van der Waals surface area contributed by atoms with E-state index in [1.54, 1.807) is 18.2 Å². The van der Waals surface area contributed by atoms with Crippen LogP contribution in [-0.2, 0) is 11.3 Å². The van der Waals surface area contributed by atoms with Crippen LogP contribution in [0.3, 0.4) is 0 Å². The number of benzene rings is 2. The van der Waals surface area contributed by atoms with Crippen molar-refractivity contribution in [2.24, 2.45) is 4.99 Å². The van der Waals surface area contributed by atoms with Gasteiger partial charge in [0, 0.05) is 26.2 Å². The second-order valence-corrected chi connectivity index (χ2v) is 7.08. The number of phenolic OH excluding ortho intramolecular Hbond substituents is 1. The summed E-state index contributed by atoms with van der Waals surface area (Å²) >= 11 is 0. The van der Waals surface area contributed by atoms with Crippen LogP contribution in [0, 0.1) is 11.6 Å². The maximum absolute atomic E-state index is 13.6. The number of phenols is 1. The van der Waals surface area contributed by atoms with E-state index in [2.05, 4.69) is 20.5 Å². The standard InChI is InChI=1S/C22H28F2N4O2.HI/c1-2-25-22(26-14-16-3-8-21(29)19(24)13-16)27-15-20(28-9-11-30-12-10-28)17-4-6-18(23)7-5-17;/h3-8,13,20,29H,2,9-12,14-15H2,1H3,(H2,25,26,27);1H. The van der Waals surface area contributed by atoms with Crippen molar-refractivity contribution >= 4 is 29.9 Å². The molecule has 1 aliphatic heterocycles. The molecule has 0 spiro atoms. The molecule has 6 nitrogen and oxygen atoms in total. The Balaban J connectivity index is 0.00000341. The molecular weight excluding hydrogens is 517 g/mol. The van der Waals surface area contributed by atoms with Crippen LogP contribution in [0.15, 0.2) is 47.5 Å². The number of aliphatic imine (C=N–C) groups is 1. The van der Waals surface area contributed by atoms with E-state index in [4.69, 9.17) is 4.74 Å². The van der Waals surface area contributed by atoms with Crippen molar-refractivity contribution in [1.82, 2.24) is 15.5 Å². The Labute approximate surface area is 198 Å². The van der Waals surface area contributed by atoms with E-state index in [1.165, 1.54) is 24.3 Å². The second kappa shape index (κ2) is 12.8. The van der Waals surface area contributed by atoms with Crippen LogP contribution in [0.25, 0.3) is 0 Å². The number of halogens is 3. The number of nitrogens with one attached hydrogen (secondary N) is 2. The normalized spacial score (nSPS) is 15.8. The molecule has 31 heavy (non-hydrogen) atoms. The van der Waals surface area contributed by atoms with Crippen LogP contribution in [-0.4, -0.2) is 55.4 Å². The average molecular weight is 546 g/mol. The van der Waals surface area contributed by atoms with E-state index in [0.717, 1.165) is 18.7 Å². The lowest BCUT2D eigenvalue weighted by molar-refractivity contribution is 0.0170. The van der Waals surface area contributed by atoms with E-state index >= 15 is 0 Å². The first-order valence-corrected chi connectivity index (χ1v) is 10.1. The summed E-state index contributed by atoms with van der Waals surface area (Å²) < 4.78 is 32.4. The van der Waals surface area contributed by atoms with Gasteiger partial charge in [0.25, 0.3) is 0 Å². The lowest BCUT2D eigenvalue weighted by atomic mass is 10.0. The van der Waals surface area contributed by atoms with E-state index in [1.807, 2.05) is 6.92 Å². The van der Waals surface area contributed by atoms with Gasteiger partial charge in [0.05, 0.1) is 25.8 Å². The first-order chi connectivity index (χ1) is 14.6. The maximum atomic E-state index is 13.6. The molecule has 1 aliphatic rings. The summed E-state index contributed by atoms with van der Waals surface area (Å²) in [6.07, 6.45) is 0. The fraction of sp³-hybridized carbons (Fsp3) is 0.409. The first kappa shape index (κ1) is 25.3. The van der Waals surface area contributed by atoms with E-state index in [-0.39, 0.29) is 48.1 Å². The highest BCUT2D eigenvalue weighted by atomic mass is 127. The van der Waals surface area contributed by atoms with Gasteiger partial charge in [-0.2, -0.15) is 0 Å². The van der Waals surface area contributed by atoms with E-state index in [0.29, 0.717) is 37.8 Å². The molecule has 1 atom stereocenters. The van der Waals surface area contributed by atoms with E-state index < -0.39 is 5.82 Å². The fourth-order valence-electron chi connectivity index (χ4n) is 3.39. The van der Waals surface area contributed by atoms with Gasteiger partial charge in [-0.05, 0) is 42.3 Å². The van der Waals surface area contributed by atoms with Gasteiger partial charge >= 0.3 is 0 Å². The minimum atomic E-state index is -0.663. The van der Waals surface area contributed by atoms with Crippen LogP contribution < -0.4 is 10.6 Å². The Morgan fingerprint density at radius 3 is 2.48 bits per heavy atom. The number of ether oxygens (including phenoxy) is 1. The summed E-state index contributed by atoms with van der Waals surface area (Å²) in [5.41, 5.74) is 1.67. The SMILES string of the molecule is CCNC(=NCc1ccc(O)c(F)c1)NCC(c1ccc(F)cc1)N1CCOCC1.I. The van der Waals surface area contributed by atoms with Gasteiger partial charge in [-0.1, -0.05) is 18.2 Å². The minimum Gasteiger partial charge on any atom is -0.505 e. The molecule has 170 valence electrons. The fourth-order valence-corrected chi connectivity index (χ4v) is 3.39. The zero-order chi connectivity index (χ0) is 21.3. The van der Waals surface area contributed by atoms with Gasteiger partial charge < -0.3 is 20.5 Å². The van der Waals surface area contributed by atoms with Crippen molar-refractivity contribution in [3.05, 3.63) is 65.2 Å². The number of rotatable bonds is 7. The van der Waals surface area contributed by atoms with Gasteiger partial charge in [0.2, 0.25) is 0 Å². The van der Waals surface area contributed by atoms with Crippen LogP contribution in [0.2, 0.25) is 0 Å². The molecule has 0 bridgehead atoms. The lowest BCUT2D eigenvalue weighted by Crippen LogP contribution is -2.46. The van der Waals surface area contributed by atoms with Gasteiger partial charge in [-0.25, -0.2) is 13.8 Å². The number of aromatic hydroxyl groups is 1. The topological polar surface area (TPSA) is 69.1 Å². The molecular formula is C22H29F2IN4O2. The van der Waals surface area contributed by atoms with Crippen molar-refractivity contribution in [2.45, 2.75) is 19.5 Å². The van der Waals surface area contributed by atoms with Crippen LogP contribution in [0.1, 0.15) is 24.1 Å². The first-order valence-electron chi connectivity index (χ1n) is 10.1. The molecule has 0 saturated carbocycles. The molecule has 3 rings (SSSR count).